The fourth-order valence-corrected chi connectivity index (χ4v) is 2.41. The van der Waals surface area contributed by atoms with E-state index in [0.29, 0.717) is 16.2 Å². The minimum Gasteiger partial charge on any atom is -0.275 e. The van der Waals surface area contributed by atoms with Crippen molar-refractivity contribution in [2.75, 3.05) is 0 Å². The number of rotatable bonds is 2. The minimum absolute atomic E-state index is 0.0698. The molecule has 0 aliphatic carbocycles. The molecule has 3 aromatic rings. The van der Waals surface area contributed by atoms with Crippen LogP contribution in [0.5, 0.6) is 0 Å². The molecule has 3 aromatic heterocycles. The van der Waals surface area contributed by atoms with Crippen LogP contribution in [0, 0.1) is 0 Å². The Bertz CT molecular complexity index is 722. The maximum atomic E-state index is 12.9. The van der Waals surface area contributed by atoms with Crippen LogP contribution in [0.1, 0.15) is 0 Å². The van der Waals surface area contributed by atoms with Gasteiger partial charge in [-0.15, -0.1) is 3.89 Å². The fraction of sp³-hybridized carbons (Fsp3) is 0.100. The van der Waals surface area contributed by atoms with E-state index in [1.165, 1.54) is 10.3 Å². The Labute approximate surface area is 111 Å². The molecule has 3 rings (SSSR count). The van der Waals surface area contributed by atoms with Crippen molar-refractivity contribution in [2.45, 2.75) is 0 Å². The van der Waals surface area contributed by atoms with Gasteiger partial charge >= 0.3 is 0 Å². The Morgan fingerprint density at radius 1 is 1.33 bits per heavy atom. The molecule has 0 aliphatic heterocycles. The fourth-order valence-electron chi connectivity index (χ4n) is 1.83. The summed E-state index contributed by atoms with van der Waals surface area (Å²) >= 11 is 6.14. The lowest BCUT2D eigenvalue weighted by molar-refractivity contribution is 0.768. The van der Waals surface area contributed by atoms with Crippen LogP contribution < -0.4 is 0 Å². The molecule has 0 atom stereocenters. The predicted molar refractivity (Wildman–Crippen MR) is 68.8 cm³/mol. The van der Waals surface area contributed by atoms with Gasteiger partial charge in [-0.05, 0) is 0 Å². The van der Waals surface area contributed by atoms with Crippen molar-refractivity contribution in [3.8, 4) is 11.1 Å². The average Bonchev–Trinajstić information content (AvgIpc) is 2.93. The lowest BCUT2D eigenvalue weighted by atomic mass is 10.1. The molecule has 5 nitrogen and oxygen atoms in total. The van der Waals surface area contributed by atoms with Gasteiger partial charge in [0.15, 0.2) is 18.0 Å². The van der Waals surface area contributed by atoms with E-state index in [9.17, 15) is 3.89 Å². The number of hydrogen-bond acceptors (Lipinski definition) is 4. The molecule has 0 amide bonds. The maximum absolute atomic E-state index is 12.9. The number of nitrogens with zero attached hydrogens (tertiary/aromatic N) is 5. The SMILES string of the molecule is Cn1cc(-c2cn(SF)c3ncnc(Cl)c23)cn1. The Balaban J connectivity index is 2.35. The summed E-state index contributed by atoms with van der Waals surface area (Å²) < 4.78 is 15.9. The van der Waals surface area contributed by atoms with Crippen LogP contribution in [-0.4, -0.2) is 23.7 Å². The molecule has 0 unspecified atom stereocenters. The normalized spacial score (nSPS) is 11.3. The molecule has 0 saturated carbocycles. The van der Waals surface area contributed by atoms with Crippen LogP contribution in [0.3, 0.4) is 0 Å². The van der Waals surface area contributed by atoms with Gasteiger partial charge in [-0.25, -0.2) is 13.9 Å². The van der Waals surface area contributed by atoms with Crippen LogP contribution in [0.4, 0.5) is 3.89 Å². The first-order chi connectivity index (χ1) is 8.70. The second kappa shape index (κ2) is 4.25. The van der Waals surface area contributed by atoms with Gasteiger partial charge in [0.05, 0.1) is 11.6 Å². The van der Waals surface area contributed by atoms with E-state index in [1.807, 2.05) is 13.2 Å². The summed E-state index contributed by atoms with van der Waals surface area (Å²) in [5, 5.41) is 5.01. The number of hydrogen-bond donors (Lipinski definition) is 0. The number of aromatic nitrogens is 5. The van der Waals surface area contributed by atoms with E-state index in [2.05, 4.69) is 15.1 Å². The van der Waals surface area contributed by atoms with Crippen LogP contribution in [0.25, 0.3) is 22.2 Å². The summed E-state index contributed by atoms with van der Waals surface area (Å²) in [5.74, 6) is 0. The van der Waals surface area contributed by atoms with E-state index in [4.69, 9.17) is 11.6 Å². The first kappa shape index (κ1) is 11.5. The van der Waals surface area contributed by atoms with E-state index >= 15 is 0 Å². The predicted octanol–water partition coefficient (Wildman–Crippen LogP) is 2.87. The summed E-state index contributed by atoms with van der Waals surface area (Å²) in [5.41, 5.74) is 2.04. The zero-order valence-corrected chi connectivity index (χ0v) is 10.8. The van der Waals surface area contributed by atoms with Gasteiger partial charge in [0.1, 0.15) is 11.5 Å². The molecule has 0 fully saturated rings. The Hall–Kier alpha value is -1.60. The zero-order valence-electron chi connectivity index (χ0n) is 9.21. The highest BCUT2D eigenvalue weighted by Gasteiger charge is 2.16. The van der Waals surface area contributed by atoms with E-state index in [0.717, 1.165) is 11.1 Å². The lowest BCUT2D eigenvalue weighted by Crippen LogP contribution is -1.86. The third-order valence-electron chi connectivity index (χ3n) is 2.60. The number of fused-ring (bicyclic) bond motifs is 1. The van der Waals surface area contributed by atoms with Crippen LogP contribution in [0.2, 0.25) is 5.15 Å². The second-order valence-corrected chi connectivity index (χ2v) is 4.59. The topological polar surface area (TPSA) is 48.5 Å². The first-order valence-corrected chi connectivity index (χ1v) is 6.05. The van der Waals surface area contributed by atoms with Crippen LogP contribution in [0.15, 0.2) is 24.9 Å². The maximum Gasteiger partial charge on any atom is 0.171 e. The molecule has 0 aliphatic rings. The number of aryl methyl sites for hydroxylation is 1. The molecule has 0 bridgehead atoms. The summed E-state index contributed by atoms with van der Waals surface area (Å²) in [6.07, 6.45) is 6.45. The van der Waals surface area contributed by atoms with Crippen molar-refractivity contribution in [3.05, 3.63) is 30.1 Å². The molecule has 92 valence electrons. The minimum atomic E-state index is 0.0698. The molecule has 18 heavy (non-hydrogen) atoms. The monoisotopic (exact) mass is 283 g/mol. The van der Waals surface area contributed by atoms with Gasteiger partial charge in [-0.1, -0.05) is 11.6 Å². The highest BCUT2D eigenvalue weighted by molar-refractivity contribution is 7.92. The average molecular weight is 284 g/mol. The van der Waals surface area contributed by atoms with Crippen molar-refractivity contribution in [3.63, 3.8) is 0 Å². The van der Waals surface area contributed by atoms with Crippen molar-refractivity contribution in [2.24, 2.45) is 7.05 Å². The van der Waals surface area contributed by atoms with Gasteiger partial charge in [0.25, 0.3) is 0 Å². The van der Waals surface area contributed by atoms with Gasteiger partial charge in [0, 0.05) is 30.6 Å². The molecule has 3 heterocycles. The molecule has 0 spiro atoms. The Morgan fingerprint density at radius 2 is 2.17 bits per heavy atom. The Morgan fingerprint density at radius 3 is 2.83 bits per heavy atom. The van der Waals surface area contributed by atoms with Crippen molar-refractivity contribution in [1.82, 2.24) is 23.7 Å². The zero-order chi connectivity index (χ0) is 12.7. The van der Waals surface area contributed by atoms with Crippen molar-refractivity contribution >= 4 is 35.0 Å². The van der Waals surface area contributed by atoms with Gasteiger partial charge in [-0.3, -0.25) is 4.68 Å². The summed E-state index contributed by atoms with van der Waals surface area (Å²) in [4.78, 5) is 7.98. The van der Waals surface area contributed by atoms with Gasteiger partial charge < -0.3 is 0 Å². The number of halogens is 2. The summed E-state index contributed by atoms with van der Waals surface area (Å²) in [7, 11) is 1.81. The van der Waals surface area contributed by atoms with Crippen molar-refractivity contribution in [1.29, 1.82) is 0 Å². The lowest BCUT2D eigenvalue weighted by Gasteiger charge is -1.96. The summed E-state index contributed by atoms with van der Waals surface area (Å²) in [6.45, 7) is 0. The van der Waals surface area contributed by atoms with Crippen LogP contribution in [-0.2, 0) is 7.05 Å². The largest absolute Gasteiger partial charge is 0.275 e. The van der Waals surface area contributed by atoms with Gasteiger partial charge in [0.2, 0.25) is 0 Å². The summed E-state index contributed by atoms with van der Waals surface area (Å²) in [6, 6.07) is 0. The highest BCUT2D eigenvalue weighted by atomic mass is 35.5. The van der Waals surface area contributed by atoms with E-state index in [-0.39, 0.29) is 12.3 Å². The molecule has 8 heteroatoms. The van der Waals surface area contributed by atoms with Crippen LogP contribution >= 0.6 is 23.9 Å². The van der Waals surface area contributed by atoms with Crippen molar-refractivity contribution < 1.29 is 3.89 Å². The second-order valence-electron chi connectivity index (χ2n) is 3.70. The molecule has 0 radical (unpaired) electrons. The Kier molecular flexibility index (Phi) is 2.71. The quantitative estimate of drug-likeness (QED) is 0.679. The third kappa shape index (κ3) is 1.67. The standard InChI is InChI=1S/C10H7ClFN5S/c1-16-3-6(2-15-16)7-4-17(18-12)10-8(7)9(11)13-5-14-10/h2-5H,1H3. The third-order valence-corrected chi connectivity index (χ3v) is 3.31. The van der Waals surface area contributed by atoms with E-state index in [1.54, 1.807) is 17.1 Å². The molecule has 0 aromatic carbocycles. The van der Waals surface area contributed by atoms with Gasteiger partial charge in [-0.2, -0.15) is 5.10 Å². The van der Waals surface area contributed by atoms with E-state index < -0.39 is 0 Å². The smallest absolute Gasteiger partial charge is 0.171 e. The molecular weight excluding hydrogens is 277 g/mol. The molecule has 0 N–H and O–H groups in total. The molecule has 0 saturated heterocycles. The molecular formula is C10H7ClFN5S. The highest BCUT2D eigenvalue weighted by Crippen LogP contribution is 2.35. The first-order valence-electron chi connectivity index (χ1n) is 5.00.